The van der Waals surface area contributed by atoms with Crippen molar-refractivity contribution in [1.29, 1.82) is 0 Å². The van der Waals surface area contributed by atoms with Crippen LogP contribution in [0.3, 0.4) is 0 Å². The van der Waals surface area contributed by atoms with E-state index in [1.54, 1.807) is 12.4 Å². The molecule has 1 amide bonds. The van der Waals surface area contributed by atoms with Crippen LogP contribution in [0.5, 0.6) is 0 Å². The molecule has 27 heavy (non-hydrogen) atoms. The number of imidazole rings is 1. The van der Waals surface area contributed by atoms with Crippen molar-refractivity contribution in [3.05, 3.63) is 72.6 Å². The molecular weight excluding hydrogens is 338 g/mol. The lowest BCUT2D eigenvalue weighted by atomic mass is 10.0. The van der Waals surface area contributed by atoms with E-state index in [9.17, 15) is 4.79 Å². The number of benzene rings is 1. The standard InChI is InChI=1S/C21H23N5O/c1-24-10-9-23-20(24)16-25-11-13-26(14-12-25)21(27)19-4-2-3-18(15-19)17-5-7-22-8-6-17/h2-10,15H,11-14,16H2,1H3. The van der Waals surface area contributed by atoms with Crippen LogP contribution in [-0.4, -0.2) is 56.4 Å². The Morgan fingerprint density at radius 2 is 1.78 bits per heavy atom. The fourth-order valence-corrected chi connectivity index (χ4v) is 3.42. The zero-order valence-electron chi connectivity index (χ0n) is 15.5. The van der Waals surface area contributed by atoms with Crippen molar-refractivity contribution in [3.8, 4) is 11.1 Å². The number of hydrogen-bond acceptors (Lipinski definition) is 4. The third-order valence-corrected chi connectivity index (χ3v) is 5.07. The summed E-state index contributed by atoms with van der Waals surface area (Å²) in [6.45, 7) is 4.03. The molecule has 0 unspecified atom stereocenters. The van der Waals surface area contributed by atoms with Crippen molar-refractivity contribution in [3.63, 3.8) is 0 Å². The zero-order valence-corrected chi connectivity index (χ0v) is 15.5. The van der Waals surface area contributed by atoms with E-state index in [2.05, 4.69) is 14.9 Å². The number of aryl methyl sites for hydroxylation is 1. The molecule has 6 heteroatoms. The molecule has 1 aliphatic heterocycles. The Labute approximate surface area is 159 Å². The second-order valence-electron chi connectivity index (χ2n) is 6.84. The summed E-state index contributed by atoms with van der Waals surface area (Å²) in [5.41, 5.74) is 2.85. The molecule has 6 nitrogen and oxygen atoms in total. The Morgan fingerprint density at radius 3 is 2.48 bits per heavy atom. The van der Waals surface area contributed by atoms with Gasteiger partial charge in [-0.2, -0.15) is 0 Å². The van der Waals surface area contributed by atoms with Crippen LogP contribution in [0.4, 0.5) is 0 Å². The Bertz CT molecular complexity index is 913. The average molecular weight is 361 g/mol. The first-order valence-electron chi connectivity index (χ1n) is 9.19. The van der Waals surface area contributed by atoms with E-state index in [1.165, 1.54) is 0 Å². The van der Waals surface area contributed by atoms with Gasteiger partial charge < -0.3 is 9.47 Å². The van der Waals surface area contributed by atoms with Gasteiger partial charge in [0, 0.05) is 63.6 Å². The largest absolute Gasteiger partial charge is 0.337 e. The molecule has 1 aliphatic rings. The highest BCUT2D eigenvalue weighted by molar-refractivity contribution is 5.95. The maximum atomic E-state index is 12.9. The minimum atomic E-state index is 0.0996. The summed E-state index contributed by atoms with van der Waals surface area (Å²) in [7, 11) is 2.01. The van der Waals surface area contributed by atoms with E-state index < -0.39 is 0 Å². The molecule has 1 saturated heterocycles. The maximum absolute atomic E-state index is 12.9. The summed E-state index contributed by atoms with van der Waals surface area (Å²) in [4.78, 5) is 25.7. The van der Waals surface area contributed by atoms with E-state index in [4.69, 9.17) is 0 Å². The highest BCUT2D eigenvalue weighted by atomic mass is 16.2. The summed E-state index contributed by atoms with van der Waals surface area (Å²) >= 11 is 0. The number of amides is 1. The van der Waals surface area contributed by atoms with Crippen LogP contribution in [0.1, 0.15) is 16.2 Å². The Balaban J connectivity index is 1.40. The fourth-order valence-electron chi connectivity index (χ4n) is 3.42. The van der Waals surface area contributed by atoms with Crippen molar-refractivity contribution in [2.24, 2.45) is 7.05 Å². The number of carbonyl (C=O) groups excluding carboxylic acids is 1. The van der Waals surface area contributed by atoms with Crippen LogP contribution in [0.15, 0.2) is 61.2 Å². The molecule has 138 valence electrons. The van der Waals surface area contributed by atoms with Gasteiger partial charge in [-0.3, -0.25) is 14.7 Å². The van der Waals surface area contributed by atoms with Gasteiger partial charge in [0.25, 0.3) is 5.91 Å². The minimum absolute atomic E-state index is 0.0996. The number of piperazine rings is 1. The van der Waals surface area contributed by atoms with Crippen molar-refractivity contribution in [2.75, 3.05) is 26.2 Å². The first-order valence-corrected chi connectivity index (χ1v) is 9.19. The summed E-state index contributed by atoms with van der Waals surface area (Å²) in [6.07, 6.45) is 7.32. The smallest absolute Gasteiger partial charge is 0.253 e. The van der Waals surface area contributed by atoms with Gasteiger partial charge in [0.1, 0.15) is 5.82 Å². The minimum Gasteiger partial charge on any atom is -0.337 e. The SMILES string of the molecule is Cn1ccnc1CN1CCN(C(=O)c2cccc(-c3ccncc3)c2)CC1. The lowest BCUT2D eigenvalue weighted by Gasteiger charge is -2.34. The fraction of sp³-hybridized carbons (Fsp3) is 0.286. The number of hydrogen-bond donors (Lipinski definition) is 0. The maximum Gasteiger partial charge on any atom is 0.253 e. The van der Waals surface area contributed by atoms with E-state index >= 15 is 0 Å². The molecule has 0 N–H and O–H groups in total. The Hall–Kier alpha value is -2.99. The van der Waals surface area contributed by atoms with Crippen molar-refractivity contribution in [2.45, 2.75) is 6.54 Å². The molecule has 4 rings (SSSR count). The predicted molar refractivity (Wildman–Crippen MR) is 104 cm³/mol. The highest BCUT2D eigenvalue weighted by Crippen LogP contribution is 2.20. The summed E-state index contributed by atoms with van der Waals surface area (Å²) in [5.74, 6) is 1.15. The van der Waals surface area contributed by atoms with Crippen LogP contribution in [0, 0.1) is 0 Å². The molecule has 0 saturated carbocycles. The van der Waals surface area contributed by atoms with Crippen LogP contribution in [0.25, 0.3) is 11.1 Å². The Kier molecular flexibility index (Phi) is 4.98. The van der Waals surface area contributed by atoms with Crippen LogP contribution in [-0.2, 0) is 13.6 Å². The van der Waals surface area contributed by atoms with Gasteiger partial charge in [-0.1, -0.05) is 12.1 Å². The molecular formula is C21H23N5O. The monoisotopic (exact) mass is 361 g/mol. The highest BCUT2D eigenvalue weighted by Gasteiger charge is 2.23. The van der Waals surface area contributed by atoms with Gasteiger partial charge in [0.15, 0.2) is 0 Å². The summed E-state index contributed by atoms with van der Waals surface area (Å²) in [6, 6.07) is 11.8. The third-order valence-electron chi connectivity index (χ3n) is 5.07. The van der Waals surface area contributed by atoms with Gasteiger partial charge in [-0.05, 0) is 35.4 Å². The molecule has 3 heterocycles. The third kappa shape index (κ3) is 3.90. The molecule has 1 aromatic carbocycles. The number of carbonyl (C=O) groups is 1. The number of nitrogens with zero attached hydrogens (tertiary/aromatic N) is 5. The number of pyridine rings is 1. The second kappa shape index (κ2) is 7.72. The van der Waals surface area contributed by atoms with Crippen LogP contribution < -0.4 is 0 Å². The molecule has 2 aromatic heterocycles. The first kappa shape index (κ1) is 17.4. The zero-order chi connectivity index (χ0) is 18.6. The molecule has 0 atom stereocenters. The first-order chi connectivity index (χ1) is 13.2. The summed E-state index contributed by atoms with van der Waals surface area (Å²) in [5, 5.41) is 0. The van der Waals surface area contributed by atoms with Crippen LogP contribution in [0.2, 0.25) is 0 Å². The number of rotatable bonds is 4. The topological polar surface area (TPSA) is 54.3 Å². The molecule has 0 spiro atoms. The van der Waals surface area contributed by atoms with Gasteiger partial charge in [-0.25, -0.2) is 4.98 Å². The van der Waals surface area contributed by atoms with E-state index in [-0.39, 0.29) is 5.91 Å². The molecule has 3 aromatic rings. The lowest BCUT2D eigenvalue weighted by Crippen LogP contribution is -2.48. The lowest BCUT2D eigenvalue weighted by molar-refractivity contribution is 0.0624. The predicted octanol–water partition coefficient (Wildman–Crippen LogP) is 2.44. The number of aromatic nitrogens is 3. The van der Waals surface area contributed by atoms with Gasteiger partial charge in [-0.15, -0.1) is 0 Å². The molecule has 0 bridgehead atoms. The molecule has 1 fully saturated rings. The van der Waals surface area contributed by atoms with Crippen LogP contribution >= 0.6 is 0 Å². The molecule has 0 radical (unpaired) electrons. The van der Waals surface area contributed by atoms with E-state index in [1.807, 2.05) is 65.3 Å². The van der Waals surface area contributed by atoms with Crippen molar-refractivity contribution in [1.82, 2.24) is 24.3 Å². The van der Waals surface area contributed by atoms with Gasteiger partial charge in [0.05, 0.1) is 6.54 Å². The average Bonchev–Trinajstić information content (AvgIpc) is 3.13. The normalized spacial score (nSPS) is 15.1. The van der Waals surface area contributed by atoms with Gasteiger partial charge >= 0.3 is 0 Å². The van der Waals surface area contributed by atoms with E-state index in [0.717, 1.165) is 55.2 Å². The Morgan fingerprint density at radius 1 is 1.00 bits per heavy atom. The second-order valence-corrected chi connectivity index (χ2v) is 6.84. The van der Waals surface area contributed by atoms with Crippen molar-refractivity contribution >= 4 is 5.91 Å². The van der Waals surface area contributed by atoms with Crippen molar-refractivity contribution < 1.29 is 4.79 Å². The summed E-state index contributed by atoms with van der Waals surface area (Å²) < 4.78 is 2.04. The quantitative estimate of drug-likeness (QED) is 0.716. The molecule has 0 aliphatic carbocycles. The van der Waals surface area contributed by atoms with Gasteiger partial charge in [0.2, 0.25) is 0 Å². The van der Waals surface area contributed by atoms with E-state index in [0.29, 0.717) is 0 Å².